The van der Waals surface area contributed by atoms with E-state index in [4.69, 9.17) is 6.42 Å². The number of hydrogen-bond acceptors (Lipinski definition) is 1. The average Bonchev–Trinajstić information content (AvgIpc) is 2.70. The average molecular weight is 394 g/mol. The molecule has 0 spiro atoms. The van der Waals surface area contributed by atoms with Gasteiger partial charge in [-0.05, 0) is 26.2 Å². The van der Waals surface area contributed by atoms with Crippen molar-refractivity contribution in [3.05, 3.63) is 0 Å². The molecule has 0 aromatic rings. The Balaban J connectivity index is 3.47. The number of carbonyl (C=O) groups is 1. The van der Waals surface area contributed by atoms with Crippen LogP contribution in [0.25, 0.3) is 0 Å². The fraction of sp³-hybridized carbons (Fsp3) is 0.880. The van der Waals surface area contributed by atoms with Crippen LogP contribution in [0.4, 0.5) is 0 Å². The third kappa shape index (κ3) is 15.0. The maximum Gasteiger partial charge on any atom is 0.220 e. The number of carbonyl (C=O) groups excluding carboxylic acids is 1. The maximum absolute atomic E-state index is 12.0. The predicted octanol–water partition coefficient (Wildman–Crippen LogP) is 6.07. The summed E-state index contributed by atoms with van der Waals surface area (Å²) in [4.78, 5) is 12.0. The Labute approximate surface area is 176 Å². The molecule has 164 valence electrons. The summed E-state index contributed by atoms with van der Waals surface area (Å²) in [6, 6.07) is 0. The Kier molecular flexibility index (Phi) is 18.6. The van der Waals surface area contributed by atoms with E-state index >= 15 is 0 Å². The van der Waals surface area contributed by atoms with Crippen molar-refractivity contribution < 1.29 is 9.28 Å². The van der Waals surface area contributed by atoms with Gasteiger partial charge in [-0.1, -0.05) is 84.0 Å². The molecule has 0 bridgehead atoms. The molecule has 0 rings (SSSR count). The van der Waals surface area contributed by atoms with Crippen molar-refractivity contribution in [1.29, 1.82) is 0 Å². The Hall–Kier alpha value is -1.01. The van der Waals surface area contributed by atoms with Crippen LogP contribution in [0.2, 0.25) is 0 Å². The van der Waals surface area contributed by atoms with E-state index in [9.17, 15) is 4.79 Å². The van der Waals surface area contributed by atoms with Crippen LogP contribution in [0.3, 0.4) is 0 Å². The summed E-state index contributed by atoms with van der Waals surface area (Å²) in [5.74, 6) is 2.99. The predicted molar refractivity (Wildman–Crippen MR) is 123 cm³/mol. The molecule has 0 aromatic heterocycles. The number of unbranched alkanes of at least 4 members (excludes halogenated alkanes) is 12. The summed E-state index contributed by atoms with van der Waals surface area (Å²) in [5, 5.41) is 3.09. The molecule has 3 nitrogen and oxygen atoms in total. The van der Waals surface area contributed by atoms with Gasteiger partial charge in [-0.3, -0.25) is 4.79 Å². The minimum absolute atomic E-state index is 0.203. The molecule has 0 atom stereocenters. The van der Waals surface area contributed by atoms with E-state index in [1.54, 1.807) is 0 Å². The quantitative estimate of drug-likeness (QED) is 0.152. The van der Waals surface area contributed by atoms with Crippen molar-refractivity contribution >= 4 is 5.91 Å². The van der Waals surface area contributed by atoms with Crippen molar-refractivity contribution in [3.63, 3.8) is 0 Å². The number of hydrogen-bond donors (Lipinski definition) is 1. The molecule has 0 radical (unpaired) electrons. The first-order chi connectivity index (χ1) is 13.6. The highest BCUT2D eigenvalue weighted by Crippen LogP contribution is 2.13. The number of amides is 1. The lowest BCUT2D eigenvalue weighted by molar-refractivity contribution is -0.917. The van der Waals surface area contributed by atoms with Gasteiger partial charge in [0.05, 0.1) is 26.2 Å². The first-order valence-corrected chi connectivity index (χ1v) is 12.2. The largest absolute Gasteiger partial charge is 0.350 e. The Bertz CT molecular complexity index is 396. The second kappa shape index (κ2) is 19.3. The lowest BCUT2D eigenvalue weighted by Crippen LogP contribution is -2.51. The molecule has 0 heterocycles. The monoisotopic (exact) mass is 393 g/mol. The van der Waals surface area contributed by atoms with Crippen molar-refractivity contribution in [1.82, 2.24) is 5.32 Å². The third-order valence-electron chi connectivity index (χ3n) is 6.18. The molecular weight excluding hydrogens is 344 g/mol. The zero-order chi connectivity index (χ0) is 20.9. The number of rotatable bonds is 20. The zero-order valence-electron chi connectivity index (χ0n) is 19.4. The molecule has 1 amide bonds. The van der Waals surface area contributed by atoms with Gasteiger partial charge >= 0.3 is 0 Å². The van der Waals surface area contributed by atoms with E-state index in [1.807, 2.05) is 0 Å². The Morgan fingerprint density at radius 3 is 1.68 bits per heavy atom. The summed E-state index contributed by atoms with van der Waals surface area (Å²) in [6.07, 6.45) is 23.6. The molecule has 28 heavy (non-hydrogen) atoms. The van der Waals surface area contributed by atoms with Crippen LogP contribution in [0.15, 0.2) is 0 Å². The first-order valence-electron chi connectivity index (χ1n) is 12.2. The van der Waals surface area contributed by atoms with Gasteiger partial charge in [0.1, 0.15) is 6.54 Å². The summed E-state index contributed by atoms with van der Waals surface area (Å²) in [5.41, 5.74) is 0. The van der Waals surface area contributed by atoms with E-state index in [1.165, 1.54) is 77.0 Å². The molecule has 3 heteroatoms. The number of terminal acetylenes is 1. The lowest BCUT2D eigenvalue weighted by Gasteiger charge is -2.35. The summed E-state index contributed by atoms with van der Waals surface area (Å²) >= 11 is 0. The molecule has 0 fully saturated rings. The zero-order valence-corrected chi connectivity index (χ0v) is 19.4. The molecule has 0 saturated heterocycles. The van der Waals surface area contributed by atoms with Crippen LogP contribution in [-0.4, -0.2) is 43.1 Å². The van der Waals surface area contributed by atoms with E-state index in [0.29, 0.717) is 6.42 Å². The van der Waals surface area contributed by atoms with E-state index in [0.717, 1.165) is 43.6 Å². The molecule has 0 unspecified atom stereocenters. The minimum atomic E-state index is 0.203. The summed E-state index contributed by atoms with van der Waals surface area (Å²) < 4.78 is 0.898. The van der Waals surface area contributed by atoms with Crippen LogP contribution in [-0.2, 0) is 4.79 Å². The van der Waals surface area contributed by atoms with Gasteiger partial charge in [-0.2, -0.15) is 0 Å². The molecular formula is C25H49N2O+. The third-order valence-corrected chi connectivity index (χ3v) is 6.18. The van der Waals surface area contributed by atoms with Crippen LogP contribution in [0, 0.1) is 12.3 Å². The molecule has 0 saturated carbocycles. The summed E-state index contributed by atoms with van der Waals surface area (Å²) in [7, 11) is 0. The second-order valence-corrected chi connectivity index (χ2v) is 8.40. The standard InChI is InChI=1S/C25H48N2O/c1-5-9-10-11-12-13-14-15-16-17-18-19-20-21-25(28)26-22-24-27(7-3,8-4)23-6-2/h2H,5,7-24H2,1,3-4H3/p+1. The highest BCUT2D eigenvalue weighted by molar-refractivity contribution is 5.75. The van der Waals surface area contributed by atoms with Crippen molar-refractivity contribution in [3.8, 4) is 12.3 Å². The fourth-order valence-corrected chi connectivity index (χ4v) is 3.86. The minimum Gasteiger partial charge on any atom is -0.350 e. The number of nitrogens with zero attached hydrogens (tertiary/aromatic N) is 1. The van der Waals surface area contributed by atoms with Gasteiger partial charge in [-0.15, -0.1) is 6.42 Å². The van der Waals surface area contributed by atoms with Crippen molar-refractivity contribution in [2.24, 2.45) is 0 Å². The molecule has 1 N–H and O–H groups in total. The smallest absolute Gasteiger partial charge is 0.220 e. The maximum atomic E-state index is 12.0. The van der Waals surface area contributed by atoms with Gasteiger partial charge in [0, 0.05) is 6.42 Å². The fourth-order valence-electron chi connectivity index (χ4n) is 3.86. The Morgan fingerprint density at radius 1 is 0.786 bits per heavy atom. The van der Waals surface area contributed by atoms with Gasteiger partial charge in [0.25, 0.3) is 0 Å². The highest BCUT2D eigenvalue weighted by atomic mass is 16.1. The van der Waals surface area contributed by atoms with Gasteiger partial charge in [0.2, 0.25) is 5.91 Å². The number of quaternary nitrogens is 1. The van der Waals surface area contributed by atoms with Crippen LogP contribution in [0.5, 0.6) is 0 Å². The SMILES string of the molecule is C#CC[N+](CC)(CC)CCNC(=O)CCCCCCCCCCCCCCC. The lowest BCUT2D eigenvalue weighted by atomic mass is 10.0. The molecule has 0 aromatic carbocycles. The van der Waals surface area contributed by atoms with Crippen LogP contribution < -0.4 is 5.32 Å². The number of likely N-dealkylation sites (N-methyl/N-ethyl adjacent to an activating group) is 1. The van der Waals surface area contributed by atoms with E-state index < -0.39 is 0 Å². The first kappa shape index (κ1) is 27.0. The normalized spacial score (nSPS) is 11.4. The van der Waals surface area contributed by atoms with E-state index in [2.05, 4.69) is 32.0 Å². The van der Waals surface area contributed by atoms with Crippen LogP contribution >= 0.6 is 0 Å². The second-order valence-electron chi connectivity index (χ2n) is 8.40. The molecule has 0 aliphatic rings. The molecule has 0 aliphatic carbocycles. The topological polar surface area (TPSA) is 29.1 Å². The van der Waals surface area contributed by atoms with Gasteiger partial charge < -0.3 is 9.80 Å². The van der Waals surface area contributed by atoms with Crippen LogP contribution in [0.1, 0.15) is 111 Å². The Morgan fingerprint density at radius 2 is 1.25 bits per heavy atom. The molecule has 0 aliphatic heterocycles. The van der Waals surface area contributed by atoms with Gasteiger partial charge in [-0.25, -0.2) is 0 Å². The van der Waals surface area contributed by atoms with Crippen molar-refractivity contribution in [2.45, 2.75) is 111 Å². The summed E-state index contributed by atoms with van der Waals surface area (Å²) in [6.45, 7) is 11.1. The number of nitrogens with one attached hydrogen (secondary N) is 1. The van der Waals surface area contributed by atoms with Crippen molar-refractivity contribution in [2.75, 3.05) is 32.7 Å². The van der Waals surface area contributed by atoms with E-state index in [-0.39, 0.29) is 5.91 Å². The highest BCUT2D eigenvalue weighted by Gasteiger charge is 2.21. The van der Waals surface area contributed by atoms with Gasteiger partial charge in [0.15, 0.2) is 0 Å².